The Kier molecular flexibility index (Phi) is 6.29. The molecule has 2 N–H and O–H groups in total. The summed E-state index contributed by atoms with van der Waals surface area (Å²) in [6, 6.07) is 16.8. The Balaban J connectivity index is 1.43. The lowest BCUT2D eigenvalue weighted by molar-refractivity contribution is -0.122. The predicted molar refractivity (Wildman–Crippen MR) is 103 cm³/mol. The second-order valence-electron chi connectivity index (χ2n) is 6.66. The summed E-state index contributed by atoms with van der Waals surface area (Å²) in [4.78, 5) is 24.2. The number of hydrogen-bond acceptors (Lipinski definition) is 2. The third-order valence-corrected chi connectivity index (χ3v) is 4.79. The van der Waals surface area contributed by atoms with Crippen molar-refractivity contribution >= 4 is 23.4 Å². The van der Waals surface area contributed by atoms with E-state index in [1.807, 2.05) is 42.5 Å². The van der Waals surface area contributed by atoms with Crippen molar-refractivity contribution in [3.05, 3.63) is 70.7 Å². The van der Waals surface area contributed by atoms with Gasteiger partial charge in [0, 0.05) is 23.6 Å². The van der Waals surface area contributed by atoms with Crippen LogP contribution >= 0.6 is 11.6 Å². The molecule has 3 rings (SSSR count). The summed E-state index contributed by atoms with van der Waals surface area (Å²) in [5.41, 5.74) is 1.73. The molecule has 0 spiro atoms. The van der Waals surface area contributed by atoms with Gasteiger partial charge in [-0.05, 0) is 55.0 Å². The van der Waals surface area contributed by atoms with Gasteiger partial charge in [-0.25, -0.2) is 0 Å². The van der Waals surface area contributed by atoms with E-state index < -0.39 is 0 Å². The van der Waals surface area contributed by atoms with Crippen LogP contribution in [0.5, 0.6) is 0 Å². The van der Waals surface area contributed by atoms with E-state index in [0.717, 1.165) is 18.4 Å². The van der Waals surface area contributed by atoms with E-state index in [4.69, 9.17) is 11.6 Å². The predicted octanol–water partition coefficient (Wildman–Crippen LogP) is 4.12. The highest BCUT2D eigenvalue weighted by Gasteiger charge is 2.33. The molecule has 26 heavy (non-hydrogen) atoms. The van der Waals surface area contributed by atoms with Gasteiger partial charge in [0.15, 0.2) is 0 Å². The van der Waals surface area contributed by atoms with Gasteiger partial charge in [0.2, 0.25) is 5.91 Å². The smallest absolute Gasteiger partial charge is 0.251 e. The number of halogens is 1. The molecule has 0 aliphatic heterocycles. The first kappa shape index (κ1) is 18.5. The Morgan fingerprint density at radius 2 is 1.73 bits per heavy atom. The fourth-order valence-corrected chi connectivity index (χ4v) is 3.09. The van der Waals surface area contributed by atoms with Crippen molar-refractivity contribution in [2.45, 2.75) is 31.7 Å². The quantitative estimate of drug-likeness (QED) is 0.687. The Hall–Kier alpha value is -2.33. The first-order valence-electron chi connectivity index (χ1n) is 9.01. The highest BCUT2D eigenvalue weighted by molar-refractivity contribution is 6.30. The number of hydrogen-bond donors (Lipinski definition) is 2. The van der Waals surface area contributed by atoms with Gasteiger partial charge >= 0.3 is 0 Å². The minimum atomic E-state index is -0.108. The minimum absolute atomic E-state index is 0.0193. The van der Waals surface area contributed by atoms with Crippen LogP contribution in [0.1, 0.15) is 47.6 Å². The molecule has 2 aromatic carbocycles. The van der Waals surface area contributed by atoms with E-state index in [0.29, 0.717) is 35.9 Å². The highest BCUT2D eigenvalue weighted by atomic mass is 35.5. The van der Waals surface area contributed by atoms with Gasteiger partial charge in [0.05, 0.1) is 6.04 Å². The number of rotatable bonds is 8. The normalized spacial score (nSPS) is 14.5. The van der Waals surface area contributed by atoms with E-state index in [2.05, 4.69) is 10.6 Å². The SMILES string of the molecule is O=C(CCCNC(=O)c1ccccc1)NC(c1ccc(Cl)cc1)C1CC1. The van der Waals surface area contributed by atoms with Gasteiger partial charge in [0.1, 0.15) is 0 Å². The van der Waals surface area contributed by atoms with Crippen LogP contribution in [0.4, 0.5) is 0 Å². The Morgan fingerprint density at radius 1 is 1.04 bits per heavy atom. The molecule has 1 aliphatic carbocycles. The number of nitrogens with one attached hydrogen (secondary N) is 2. The zero-order valence-electron chi connectivity index (χ0n) is 14.6. The van der Waals surface area contributed by atoms with Crippen molar-refractivity contribution < 1.29 is 9.59 Å². The lowest BCUT2D eigenvalue weighted by Crippen LogP contribution is -2.31. The monoisotopic (exact) mass is 370 g/mol. The average molecular weight is 371 g/mol. The summed E-state index contributed by atoms with van der Waals surface area (Å²) in [6.45, 7) is 0.482. The molecule has 5 heteroatoms. The second kappa shape index (κ2) is 8.86. The number of carbonyl (C=O) groups excluding carboxylic acids is 2. The maximum atomic E-state index is 12.3. The van der Waals surface area contributed by atoms with Gasteiger partial charge in [-0.1, -0.05) is 41.9 Å². The molecule has 0 bridgehead atoms. The Labute approximate surface area is 158 Å². The summed E-state index contributed by atoms with van der Waals surface area (Å²) < 4.78 is 0. The van der Waals surface area contributed by atoms with Crippen LogP contribution in [0.2, 0.25) is 5.02 Å². The van der Waals surface area contributed by atoms with Crippen LogP contribution < -0.4 is 10.6 Å². The molecule has 2 amide bonds. The maximum Gasteiger partial charge on any atom is 0.251 e. The summed E-state index contributed by atoms with van der Waals surface area (Å²) in [5.74, 6) is 0.423. The second-order valence-corrected chi connectivity index (χ2v) is 7.10. The highest BCUT2D eigenvalue weighted by Crippen LogP contribution is 2.41. The molecule has 1 unspecified atom stereocenters. The molecule has 136 valence electrons. The lowest BCUT2D eigenvalue weighted by Gasteiger charge is -2.19. The molecule has 2 aromatic rings. The topological polar surface area (TPSA) is 58.2 Å². The third-order valence-electron chi connectivity index (χ3n) is 4.54. The van der Waals surface area contributed by atoms with Crippen LogP contribution in [0.25, 0.3) is 0 Å². The molecule has 0 heterocycles. The van der Waals surface area contributed by atoms with Crippen molar-refractivity contribution in [3.63, 3.8) is 0 Å². The molecule has 0 saturated heterocycles. The first-order chi connectivity index (χ1) is 12.6. The van der Waals surface area contributed by atoms with E-state index in [9.17, 15) is 9.59 Å². The summed E-state index contributed by atoms with van der Waals surface area (Å²) in [5, 5.41) is 6.68. The summed E-state index contributed by atoms with van der Waals surface area (Å²) in [6.07, 6.45) is 3.29. The Morgan fingerprint density at radius 3 is 2.38 bits per heavy atom. The van der Waals surface area contributed by atoms with Crippen molar-refractivity contribution in [1.82, 2.24) is 10.6 Å². The largest absolute Gasteiger partial charge is 0.352 e. The number of amides is 2. The van der Waals surface area contributed by atoms with E-state index in [-0.39, 0.29) is 17.9 Å². The van der Waals surface area contributed by atoms with E-state index in [1.165, 1.54) is 0 Å². The fraction of sp³-hybridized carbons (Fsp3) is 0.333. The van der Waals surface area contributed by atoms with Crippen LogP contribution in [-0.2, 0) is 4.79 Å². The van der Waals surface area contributed by atoms with Crippen molar-refractivity contribution in [2.24, 2.45) is 5.92 Å². The van der Waals surface area contributed by atoms with Crippen LogP contribution in [0.15, 0.2) is 54.6 Å². The summed E-state index contributed by atoms with van der Waals surface area (Å²) in [7, 11) is 0. The van der Waals surface area contributed by atoms with Gasteiger partial charge in [-0.15, -0.1) is 0 Å². The maximum absolute atomic E-state index is 12.3. The zero-order valence-corrected chi connectivity index (χ0v) is 15.3. The number of benzene rings is 2. The standard InChI is InChI=1S/C21H23ClN2O2/c22-18-12-10-16(11-13-18)20(15-8-9-15)24-19(25)7-4-14-23-21(26)17-5-2-1-3-6-17/h1-3,5-6,10-13,15,20H,4,7-9,14H2,(H,23,26)(H,24,25). The third kappa shape index (κ3) is 5.33. The van der Waals surface area contributed by atoms with Gasteiger partial charge < -0.3 is 10.6 Å². The van der Waals surface area contributed by atoms with Crippen LogP contribution in [-0.4, -0.2) is 18.4 Å². The van der Waals surface area contributed by atoms with Crippen molar-refractivity contribution in [3.8, 4) is 0 Å². The molecular weight excluding hydrogens is 348 g/mol. The molecule has 0 radical (unpaired) electrons. The molecular formula is C21H23ClN2O2. The van der Waals surface area contributed by atoms with E-state index in [1.54, 1.807) is 12.1 Å². The molecule has 1 aliphatic rings. The number of carbonyl (C=O) groups is 2. The van der Waals surface area contributed by atoms with Crippen molar-refractivity contribution in [2.75, 3.05) is 6.54 Å². The average Bonchev–Trinajstić information content (AvgIpc) is 3.50. The first-order valence-corrected chi connectivity index (χ1v) is 9.39. The fourth-order valence-electron chi connectivity index (χ4n) is 2.96. The molecule has 1 fully saturated rings. The molecule has 1 atom stereocenters. The van der Waals surface area contributed by atoms with Crippen LogP contribution in [0.3, 0.4) is 0 Å². The van der Waals surface area contributed by atoms with Gasteiger partial charge in [-0.2, -0.15) is 0 Å². The minimum Gasteiger partial charge on any atom is -0.352 e. The van der Waals surface area contributed by atoms with Gasteiger partial charge in [0.25, 0.3) is 5.91 Å². The Bertz CT molecular complexity index is 742. The lowest BCUT2D eigenvalue weighted by atomic mass is 10.0. The zero-order chi connectivity index (χ0) is 18.4. The molecule has 4 nitrogen and oxygen atoms in total. The molecule has 1 saturated carbocycles. The molecule has 0 aromatic heterocycles. The summed E-state index contributed by atoms with van der Waals surface area (Å²) >= 11 is 5.95. The van der Waals surface area contributed by atoms with Crippen molar-refractivity contribution in [1.29, 1.82) is 0 Å². The van der Waals surface area contributed by atoms with Crippen LogP contribution in [0, 0.1) is 5.92 Å². The van der Waals surface area contributed by atoms with E-state index >= 15 is 0 Å². The van der Waals surface area contributed by atoms with Gasteiger partial charge in [-0.3, -0.25) is 9.59 Å².